The molecule has 1 N–H and O–H groups in total. The van der Waals surface area contributed by atoms with Gasteiger partial charge in [-0.3, -0.25) is 4.79 Å². The number of likely N-dealkylation sites (tertiary alicyclic amines) is 1. The normalized spacial score (nSPS) is 20.2. The molecular weight excluding hydrogens is 376 g/mol. The molecule has 0 spiro atoms. The van der Waals surface area contributed by atoms with Gasteiger partial charge in [-0.15, -0.1) is 0 Å². The molecule has 0 aliphatic carbocycles. The molecule has 1 aliphatic rings. The largest absolute Gasteiger partial charge is 0.497 e. The Morgan fingerprint density at radius 3 is 2.38 bits per heavy atom. The average molecular weight is 406 g/mol. The van der Waals surface area contributed by atoms with E-state index in [-0.39, 0.29) is 25.0 Å². The van der Waals surface area contributed by atoms with E-state index in [1.807, 2.05) is 12.1 Å². The van der Waals surface area contributed by atoms with Crippen molar-refractivity contribution in [3.05, 3.63) is 29.8 Å². The molecule has 1 aliphatic heterocycles. The third-order valence-electron chi connectivity index (χ3n) is 4.66. The monoisotopic (exact) mass is 406 g/mol. The van der Waals surface area contributed by atoms with Gasteiger partial charge >= 0.3 is 12.1 Å². The van der Waals surface area contributed by atoms with Gasteiger partial charge in [-0.25, -0.2) is 9.59 Å². The van der Waals surface area contributed by atoms with E-state index in [9.17, 15) is 14.4 Å². The summed E-state index contributed by atoms with van der Waals surface area (Å²) in [5.74, 6) is -0.492. The molecule has 1 aromatic rings. The van der Waals surface area contributed by atoms with E-state index in [4.69, 9.17) is 14.2 Å². The molecule has 2 rings (SSSR count). The van der Waals surface area contributed by atoms with Crippen LogP contribution in [0.15, 0.2) is 24.3 Å². The minimum Gasteiger partial charge on any atom is -0.497 e. The van der Waals surface area contributed by atoms with Gasteiger partial charge in [0.2, 0.25) is 5.91 Å². The number of alkyl carbamates (subject to hydrolysis) is 1. The molecule has 8 heteroatoms. The van der Waals surface area contributed by atoms with E-state index in [0.717, 1.165) is 5.56 Å². The molecule has 1 saturated heterocycles. The van der Waals surface area contributed by atoms with Crippen molar-refractivity contribution in [1.82, 2.24) is 10.2 Å². The summed E-state index contributed by atoms with van der Waals surface area (Å²) in [5, 5.41) is 2.68. The lowest BCUT2D eigenvalue weighted by atomic mass is 9.94. The van der Waals surface area contributed by atoms with Crippen LogP contribution >= 0.6 is 0 Å². The number of ether oxygens (including phenoxy) is 3. The van der Waals surface area contributed by atoms with Gasteiger partial charge in [0.15, 0.2) is 0 Å². The summed E-state index contributed by atoms with van der Waals surface area (Å²) < 4.78 is 15.6. The van der Waals surface area contributed by atoms with Crippen LogP contribution in [0.2, 0.25) is 0 Å². The van der Waals surface area contributed by atoms with Crippen LogP contribution in [0.3, 0.4) is 0 Å². The number of nitrogens with one attached hydrogen (secondary N) is 1. The molecule has 1 heterocycles. The van der Waals surface area contributed by atoms with Crippen molar-refractivity contribution in [3.63, 3.8) is 0 Å². The molecule has 0 saturated carbocycles. The van der Waals surface area contributed by atoms with Crippen molar-refractivity contribution < 1.29 is 28.6 Å². The first-order valence-electron chi connectivity index (χ1n) is 9.68. The van der Waals surface area contributed by atoms with Crippen molar-refractivity contribution in [2.24, 2.45) is 0 Å². The van der Waals surface area contributed by atoms with Gasteiger partial charge in [-0.2, -0.15) is 0 Å². The predicted molar refractivity (Wildman–Crippen MR) is 107 cm³/mol. The second kappa shape index (κ2) is 9.15. The molecule has 0 radical (unpaired) electrons. The number of carbonyl (C=O) groups is 3. The van der Waals surface area contributed by atoms with Gasteiger partial charge in [0.25, 0.3) is 0 Å². The quantitative estimate of drug-likeness (QED) is 0.730. The molecule has 3 atom stereocenters. The van der Waals surface area contributed by atoms with Crippen molar-refractivity contribution >= 4 is 18.0 Å². The van der Waals surface area contributed by atoms with Gasteiger partial charge in [-0.05, 0) is 52.3 Å². The van der Waals surface area contributed by atoms with E-state index in [2.05, 4.69) is 5.32 Å². The fourth-order valence-corrected chi connectivity index (χ4v) is 3.24. The Morgan fingerprint density at radius 1 is 1.24 bits per heavy atom. The number of hydrogen-bond acceptors (Lipinski definition) is 6. The molecule has 2 amide bonds. The Bertz CT molecular complexity index is 741. The summed E-state index contributed by atoms with van der Waals surface area (Å²) in [5.41, 5.74) is 0.151. The number of carbonyl (C=O) groups excluding carboxylic acids is 3. The lowest BCUT2D eigenvalue weighted by Gasteiger charge is -2.24. The van der Waals surface area contributed by atoms with Crippen molar-refractivity contribution in [2.45, 2.75) is 58.2 Å². The maximum absolute atomic E-state index is 13.1. The number of nitrogens with zero attached hydrogens (tertiary/aromatic N) is 1. The third kappa shape index (κ3) is 5.62. The van der Waals surface area contributed by atoms with Crippen LogP contribution in [0.1, 0.15) is 46.1 Å². The number of hydrogen-bond donors (Lipinski definition) is 1. The van der Waals surface area contributed by atoms with Crippen LogP contribution in [0.4, 0.5) is 4.79 Å². The zero-order valence-corrected chi connectivity index (χ0v) is 17.9. The Hall–Kier alpha value is -2.77. The lowest BCUT2D eigenvalue weighted by Crippen LogP contribution is -2.48. The van der Waals surface area contributed by atoms with Crippen molar-refractivity contribution in [2.75, 3.05) is 20.3 Å². The smallest absolute Gasteiger partial charge is 0.408 e. The molecule has 160 valence electrons. The second-order valence-electron chi connectivity index (χ2n) is 7.92. The molecule has 8 nitrogen and oxygen atoms in total. The fraction of sp³-hybridized carbons (Fsp3) is 0.571. The van der Waals surface area contributed by atoms with Crippen LogP contribution in [-0.4, -0.2) is 60.8 Å². The Labute approximate surface area is 171 Å². The minimum absolute atomic E-state index is 0.229. The van der Waals surface area contributed by atoms with Crippen LogP contribution in [0.25, 0.3) is 0 Å². The van der Waals surface area contributed by atoms with Crippen LogP contribution in [0.5, 0.6) is 5.75 Å². The maximum atomic E-state index is 13.1. The highest BCUT2D eigenvalue weighted by Crippen LogP contribution is 2.31. The van der Waals surface area contributed by atoms with Crippen molar-refractivity contribution in [1.29, 1.82) is 0 Å². The van der Waals surface area contributed by atoms with Crippen molar-refractivity contribution in [3.8, 4) is 5.75 Å². The van der Waals surface area contributed by atoms with E-state index in [0.29, 0.717) is 5.75 Å². The molecule has 3 unspecified atom stereocenters. The Balaban J connectivity index is 2.29. The zero-order valence-electron chi connectivity index (χ0n) is 17.9. The molecule has 1 fully saturated rings. The second-order valence-corrected chi connectivity index (χ2v) is 7.92. The number of benzene rings is 1. The van der Waals surface area contributed by atoms with Crippen LogP contribution in [0, 0.1) is 0 Å². The molecule has 1 aromatic carbocycles. The third-order valence-corrected chi connectivity index (χ3v) is 4.66. The Morgan fingerprint density at radius 2 is 1.86 bits per heavy atom. The summed E-state index contributed by atoms with van der Waals surface area (Å²) in [4.78, 5) is 39.0. The lowest BCUT2D eigenvalue weighted by molar-refractivity contribution is -0.152. The number of rotatable bonds is 6. The Kier molecular flexibility index (Phi) is 7.11. The van der Waals surface area contributed by atoms with E-state index in [1.54, 1.807) is 53.9 Å². The van der Waals surface area contributed by atoms with E-state index < -0.39 is 29.7 Å². The average Bonchev–Trinajstić information content (AvgIpc) is 2.96. The molecular formula is C21H30N2O6. The summed E-state index contributed by atoms with van der Waals surface area (Å²) in [6.07, 6.45) is -0.681. The van der Waals surface area contributed by atoms with E-state index in [1.165, 1.54) is 4.90 Å². The fourth-order valence-electron chi connectivity index (χ4n) is 3.24. The molecule has 29 heavy (non-hydrogen) atoms. The molecule has 0 aromatic heterocycles. The first-order valence-corrected chi connectivity index (χ1v) is 9.68. The first kappa shape index (κ1) is 22.5. The van der Waals surface area contributed by atoms with Gasteiger partial charge < -0.3 is 24.4 Å². The van der Waals surface area contributed by atoms with Crippen LogP contribution in [-0.2, 0) is 19.1 Å². The summed E-state index contributed by atoms with van der Waals surface area (Å²) in [6, 6.07) is 5.67. The minimum atomic E-state index is -0.852. The standard InChI is InChI=1S/C21H30N2O6/c1-7-28-19(25)13(2)23-12-16(14-8-10-15(27-6)11-9-14)17(18(23)24)22-20(26)29-21(3,4)5/h8-11,13,16-17H,7,12H2,1-6H3,(H,22,26). The number of esters is 1. The highest BCUT2D eigenvalue weighted by molar-refractivity contribution is 5.92. The van der Waals surface area contributed by atoms with E-state index >= 15 is 0 Å². The molecule has 0 bridgehead atoms. The SMILES string of the molecule is CCOC(=O)C(C)N1CC(c2ccc(OC)cc2)C(NC(=O)OC(C)(C)C)C1=O. The van der Waals surface area contributed by atoms with Gasteiger partial charge in [0.05, 0.1) is 13.7 Å². The topological polar surface area (TPSA) is 94.2 Å². The predicted octanol–water partition coefficient (Wildman–Crippen LogP) is 2.47. The summed E-state index contributed by atoms with van der Waals surface area (Å²) in [6.45, 7) is 9.08. The maximum Gasteiger partial charge on any atom is 0.408 e. The highest BCUT2D eigenvalue weighted by Gasteiger charge is 2.46. The summed E-state index contributed by atoms with van der Waals surface area (Å²) >= 11 is 0. The van der Waals surface area contributed by atoms with Gasteiger partial charge in [-0.1, -0.05) is 12.1 Å². The van der Waals surface area contributed by atoms with Gasteiger partial charge in [0.1, 0.15) is 23.4 Å². The summed E-state index contributed by atoms with van der Waals surface area (Å²) in [7, 11) is 1.57. The number of methoxy groups -OCH3 is 1. The van der Waals surface area contributed by atoms with Gasteiger partial charge in [0, 0.05) is 12.5 Å². The van der Waals surface area contributed by atoms with Crippen LogP contribution < -0.4 is 10.1 Å². The highest BCUT2D eigenvalue weighted by atomic mass is 16.6. The number of amides is 2. The zero-order chi connectivity index (χ0) is 21.8. The first-order chi connectivity index (χ1) is 13.6.